The summed E-state index contributed by atoms with van der Waals surface area (Å²) in [5.41, 5.74) is 5.18. The molecular weight excluding hydrogens is 300 g/mol. The molecule has 6 heteroatoms. The molecule has 1 aromatic heterocycles. The van der Waals surface area contributed by atoms with Gasteiger partial charge in [0.2, 0.25) is 10.0 Å². The number of rotatable bonds is 5. The first-order valence-corrected chi connectivity index (χ1v) is 8.70. The lowest BCUT2D eigenvalue weighted by atomic mass is 9.99. The monoisotopic (exact) mass is 322 g/mol. The summed E-state index contributed by atoms with van der Waals surface area (Å²) >= 11 is 0. The van der Waals surface area contributed by atoms with Gasteiger partial charge in [0.15, 0.2) is 5.76 Å². The first-order chi connectivity index (χ1) is 10.2. The molecule has 0 spiro atoms. The first kappa shape index (κ1) is 16.7. The molecule has 120 valence electrons. The zero-order valence-electron chi connectivity index (χ0n) is 13.6. The van der Waals surface area contributed by atoms with Crippen LogP contribution in [0.5, 0.6) is 0 Å². The highest BCUT2D eigenvalue weighted by Gasteiger charge is 2.23. The van der Waals surface area contributed by atoms with Crippen molar-refractivity contribution >= 4 is 10.0 Å². The molecule has 0 saturated heterocycles. The molecule has 0 amide bonds. The molecule has 0 aliphatic heterocycles. The number of hydrogen-bond acceptors (Lipinski definition) is 4. The smallest absolute Gasteiger partial charge is 0.245 e. The second-order valence-electron chi connectivity index (χ2n) is 5.66. The molecule has 0 aliphatic rings. The maximum absolute atomic E-state index is 12.3. The van der Waals surface area contributed by atoms with Gasteiger partial charge in [0.05, 0.1) is 0 Å². The summed E-state index contributed by atoms with van der Waals surface area (Å²) in [6.45, 7) is 9.75. The van der Waals surface area contributed by atoms with E-state index in [0.717, 1.165) is 5.56 Å². The largest absolute Gasteiger partial charge is 0.360 e. The average Bonchev–Trinajstić information content (AvgIpc) is 2.75. The topological polar surface area (TPSA) is 72.2 Å². The molecule has 0 radical (unpaired) electrons. The van der Waals surface area contributed by atoms with Crippen LogP contribution in [0.4, 0.5) is 0 Å². The lowest BCUT2D eigenvalue weighted by Gasteiger charge is -2.11. The molecular formula is C16H22N2O3S. The number of nitrogens with zero attached hydrogens (tertiary/aromatic N) is 1. The second-order valence-corrected chi connectivity index (χ2v) is 7.37. The van der Waals surface area contributed by atoms with Crippen molar-refractivity contribution < 1.29 is 12.9 Å². The number of aryl methyl sites for hydroxylation is 5. The summed E-state index contributed by atoms with van der Waals surface area (Å²) in [6.07, 6.45) is 0.648. The minimum absolute atomic E-state index is 0.143. The zero-order chi connectivity index (χ0) is 16.5. The highest BCUT2D eigenvalue weighted by Crippen LogP contribution is 2.19. The van der Waals surface area contributed by atoms with Gasteiger partial charge in [0, 0.05) is 6.54 Å². The van der Waals surface area contributed by atoms with Crippen molar-refractivity contribution in [1.82, 2.24) is 9.88 Å². The van der Waals surface area contributed by atoms with E-state index >= 15 is 0 Å². The number of nitrogens with one attached hydrogen (secondary N) is 1. The van der Waals surface area contributed by atoms with Gasteiger partial charge >= 0.3 is 0 Å². The Morgan fingerprint density at radius 3 is 2.27 bits per heavy atom. The number of aromatic nitrogens is 1. The number of hydrogen-bond donors (Lipinski definition) is 1. The summed E-state index contributed by atoms with van der Waals surface area (Å²) in [7, 11) is -3.59. The van der Waals surface area contributed by atoms with Crippen LogP contribution in [0, 0.1) is 34.6 Å². The molecule has 0 fully saturated rings. The Morgan fingerprint density at radius 2 is 1.68 bits per heavy atom. The lowest BCUT2D eigenvalue weighted by Crippen LogP contribution is -2.27. The van der Waals surface area contributed by atoms with Gasteiger partial charge in [-0.25, -0.2) is 13.1 Å². The summed E-state index contributed by atoms with van der Waals surface area (Å²) in [4.78, 5) is 0.143. The van der Waals surface area contributed by atoms with Gasteiger partial charge in [-0.3, -0.25) is 0 Å². The van der Waals surface area contributed by atoms with E-state index < -0.39 is 10.0 Å². The summed E-state index contributed by atoms with van der Waals surface area (Å²) in [5.74, 6) is 0.312. The zero-order valence-corrected chi connectivity index (χ0v) is 14.5. The third-order valence-corrected chi connectivity index (χ3v) is 5.58. The Bertz CT molecular complexity index is 772. The third-order valence-electron chi connectivity index (χ3n) is 3.88. The van der Waals surface area contributed by atoms with Crippen molar-refractivity contribution in [2.75, 3.05) is 6.54 Å². The van der Waals surface area contributed by atoms with Gasteiger partial charge in [-0.2, -0.15) is 0 Å². The fraction of sp³-hybridized carbons (Fsp3) is 0.438. The minimum atomic E-state index is -3.59. The average molecular weight is 322 g/mol. The van der Waals surface area contributed by atoms with Crippen molar-refractivity contribution in [3.05, 3.63) is 45.8 Å². The van der Waals surface area contributed by atoms with Crippen LogP contribution in [-0.2, 0) is 16.4 Å². The van der Waals surface area contributed by atoms with Crippen LogP contribution in [0.2, 0.25) is 0 Å². The van der Waals surface area contributed by atoms with Crippen LogP contribution in [0.25, 0.3) is 0 Å². The number of sulfonamides is 1. The van der Waals surface area contributed by atoms with Crippen molar-refractivity contribution in [3.63, 3.8) is 0 Å². The van der Waals surface area contributed by atoms with E-state index in [1.165, 1.54) is 16.7 Å². The maximum Gasteiger partial charge on any atom is 0.245 e. The van der Waals surface area contributed by atoms with Crippen molar-refractivity contribution in [2.45, 2.75) is 45.9 Å². The molecule has 5 nitrogen and oxygen atoms in total. The Morgan fingerprint density at radius 1 is 1.05 bits per heavy atom. The molecule has 2 rings (SSSR count). The van der Waals surface area contributed by atoms with Gasteiger partial charge in [-0.05, 0) is 63.3 Å². The predicted octanol–water partition coefficient (Wildman–Crippen LogP) is 2.74. The summed E-state index contributed by atoms with van der Waals surface area (Å²) in [6, 6.07) is 4.25. The summed E-state index contributed by atoms with van der Waals surface area (Å²) in [5, 5.41) is 3.69. The predicted molar refractivity (Wildman–Crippen MR) is 85.5 cm³/mol. The van der Waals surface area contributed by atoms with Gasteiger partial charge in [0.25, 0.3) is 0 Å². The molecule has 2 aromatic rings. The number of benzene rings is 1. The Balaban J connectivity index is 2.10. The molecule has 0 atom stereocenters. The van der Waals surface area contributed by atoms with E-state index in [1.807, 2.05) is 6.92 Å². The molecule has 0 bridgehead atoms. The quantitative estimate of drug-likeness (QED) is 0.918. The second kappa shape index (κ2) is 6.22. The Hall–Kier alpha value is -1.66. The van der Waals surface area contributed by atoms with Gasteiger partial charge < -0.3 is 4.52 Å². The van der Waals surface area contributed by atoms with E-state index in [0.29, 0.717) is 24.4 Å². The Kier molecular flexibility index (Phi) is 4.72. The van der Waals surface area contributed by atoms with Gasteiger partial charge in [-0.1, -0.05) is 17.3 Å². The van der Waals surface area contributed by atoms with E-state index in [4.69, 9.17) is 4.52 Å². The van der Waals surface area contributed by atoms with E-state index in [9.17, 15) is 8.42 Å². The van der Waals surface area contributed by atoms with Crippen molar-refractivity contribution in [2.24, 2.45) is 0 Å². The van der Waals surface area contributed by atoms with Gasteiger partial charge in [0.1, 0.15) is 10.6 Å². The molecule has 0 saturated carbocycles. The fourth-order valence-corrected chi connectivity index (χ4v) is 3.90. The first-order valence-electron chi connectivity index (χ1n) is 7.21. The van der Waals surface area contributed by atoms with E-state index in [2.05, 4.69) is 35.9 Å². The van der Waals surface area contributed by atoms with Crippen LogP contribution in [0.15, 0.2) is 21.6 Å². The summed E-state index contributed by atoms with van der Waals surface area (Å²) < 4.78 is 32.2. The minimum Gasteiger partial charge on any atom is -0.360 e. The molecule has 1 N–H and O–H groups in total. The van der Waals surface area contributed by atoms with Crippen molar-refractivity contribution in [3.8, 4) is 0 Å². The van der Waals surface area contributed by atoms with Crippen LogP contribution in [0.3, 0.4) is 0 Å². The molecule has 0 aliphatic carbocycles. The molecule has 1 aromatic carbocycles. The van der Waals surface area contributed by atoms with Crippen LogP contribution in [0.1, 0.15) is 33.7 Å². The van der Waals surface area contributed by atoms with Crippen LogP contribution in [-0.4, -0.2) is 20.1 Å². The Labute approximate surface area is 131 Å². The van der Waals surface area contributed by atoms with Crippen LogP contribution < -0.4 is 4.72 Å². The normalized spacial score (nSPS) is 11.9. The molecule has 0 unspecified atom stereocenters. The standard InChI is InChI=1S/C16H22N2O3S/c1-10-8-12(3)15(9-11(10)2)6-7-17-22(19,20)16-13(4)18-21-14(16)5/h8-9,17H,6-7H2,1-5H3. The van der Waals surface area contributed by atoms with E-state index in [1.54, 1.807) is 13.8 Å². The molecule has 1 heterocycles. The van der Waals surface area contributed by atoms with Crippen LogP contribution >= 0.6 is 0 Å². The SMILES string of the molecule is Cc1cc(C)c(CCNS(=O)(=O)c2c(C)noc2C)cc1C. The lowest BCUT2D eigenvalue weighted by molar-refractivity contribution is 0.390. The highest BCUT2D eigenvalue weighted by molar-refractivity contribution is 7.89. The van der Waals surface area contributed by atoms with E-state index in [-0.39, 0.29) is 4.90 Å². The highest BCUT2D eigenvalue weighted by atomic mass is 32.2. The fourth-order valence-electron chi connectivity index (χ4n) is 2.54. The van der Waals surface area contributed by atoms with Gasteiger partial charge in [-0.15, -0.1) is 0 Å². The van der Waals surface area contributed by atoms with Crippen molar-refractivity contribution in [1.29, 1.82) is 0 Å². The molecule has 22 heavy (non-hydrogen) atoms. The third kappa shape index (κ3) is 3.39. The maximum atomic E-state index is 12.3.